The number of rotatable bonds is 4. The highest BCUT2D eigenvalue weighted by Gasteiger charge is 2.22. The first kappa shape index (κ1) is 11.5. The third-order valence-corrected chi connectivity index (χ3v) is 3.93. The molecule has 6 heteroatoms. The van der Waals surface area contributed by atoms with Crippen LogP contribution >= 0.6 is 0 Å². The van der Waals surface area contributed by atoms with Crippen molar-refractivity contribution in [1.82, 2.24) is 5.32 Å². The summed E-state index contributed by atoms with van der Waals surface area (Å²) in [6.07, 6.45) is 1.96. The summed E-state index contributed by atoms with van der Waals surface area (Å²) in [5.74, 6) is 1.08. The highest BCUT2D eigenvalue weighted by atomic mass is 32.2. The predicted molar refractivity (Wildman–Crippen MR) is 61.9 cm³/mol. The first-order valence-corrected chi connectivity index (χ1v) is 7.01. The van der Waals surface area contributed by atoms with E-state index in [1.54, 1.807) is 19.1 Å². The molecule has 5 nitrogen and oxygen atoms in total. The lowest BCUT2D eigenvalue weighted by molar-refractivity contribution is 0.546. The van der Waals surface area contributed by atoms with E-state index in [2.05, 4.69) is 10.0 Å². The van der Waals surface area contributed by atoms with Gasteiger partial charge in [-0.2, -0.15) is 0 Å². The summed E-state index contributed by atoms with van der Waals surface area (Å²) in [5.41, 5.74) is 0. The largest absolute Gasteiger partial charge is 0.445 e. The minimum absolute atomic E-state index is 0.0635. The molecule has 0 bridgehead atoms. The second-order valence-corrected chi connectivity index (χ2v) is 5.85. The fourth-order valence-electron chi connectivity index (χ4n) is 1.85. The van der Waals surface area contributed by atoms with Crippen molar-refractivity contribution in [3.63, 3.8) is 0 Å². The molecule has 0 amide bonds. The first-order valence-electron chi connectivity index (χ1n) is 5.35. The molecule has 1 aliphatic heterocycles. The Balaban J connectivity index is 1.96. The zero-order valence-corrected chi connectivity index (χ0v) is 10.0. The van der Waals surface area contributed by atoms with Crippen LogP contribution in [-0.2, 0) is 10.0 Å². The van der Waals surface area contributed by atoms with Crippen LogP contribution in [0.4, 0.5) is 5.88 Å². The third-order valence-electron chi connectivity index (χ3n) is 2.58. The van der Waals surface area contributed by atoms with Gasteiger partial charge in [-0.1, -0.05) is 0 Å². The Morgan fingerprint density at radius 1 is 1.56 bits per heavy atom. The van der Waals surface area contributed by atoms with E-state index < -0.39 is 10.0 Å². The Hall–Kier alpha value is -1.01. The second kappa shape index (κ2) is 4.47. The maximum atomic E-state index is 11.8. The molecule has 16 heavy (non-hydrogen) atoms. The van der Waals surface area contributed by atoms with Crippen LogP contribution in [0, 0.1) is 6.92 Å². The monoisotopic (exact) mass is 244 g/mol. The predicted octanol–water partition coefficient (Wildman–Crippen LogP) is 1.08. The van der Waals surface area contributed by atoms with Gasteiger partial charge in [0.25, 0.3) is 0 Å². The normalized spacial score (nSPS) is 21.2. The van der Waals surface area contributed by atoms with Gasteiger partial charge in [-0.05, 0) is 32.4 Å². The van der Waals surface area contributed by atoms with Crippen LogP contribution < -0.4 is 10.0 Å². The molecule has 0 aromatic carbocycles. The first-order chi connectivity index (χ1) is 7.55. The van der Waals surface area contributed by atoms with Crippen molar-refractivity contribution in [2.45, 2.75) is 25.8 Å². The van der Waals surface area contributed by atoms with Gasteiger partial charge in [0.05, 0.1) is 5.75 Å². The van der Waals surface area contributed by atoms with Crippen molar-refractivity contribution in [3.8, 4) is 0 Å². The molecule has 2 N–H and O–H groups in total. The molecule has 0 aliphatic carbocycles. The summed E-state index contributed by atoms with van der Waals surface area (Å²) in [6, 6.07) is 3.41. The van der Waals surface area contributed by atoms with Gasteiger partial charge in [0.15, 0.2) is 0 Å². The summed E-state index contributed by atoms with van der Waals surface area (Å²) in [7, 11) is -3.31. The van der Waals surface area contributed by atoms with Crippen LogP contribution in [0.2, 0.25) is 0 Å². The van der Waals surface area contributed by atoms with E-state index in [1.165, 1.54) is 0 Å². The van der Waals surface area contributed by atoms with Gasteiger partial charge in [0.2, 0.25) is 15.9 Å². The van der Waals surface area contributed by atoms with E-state index in [9.17, 15) is 8.42 Å². The molecule has 1 aromatic heterocycles. The minimum Gasteiger partial charge on any atom is -0.445 e. The van der Waals surface area contributed by atoms with Crippen LogP contribution in [-0.4, -0.2) is 26.8 Å². The van der Waals surface area contributed by atoms with E-state index in [0.29, 0.717) is 5.76 Å². The Kier molecular flexibility index (Phi) is 3.20. The number of sulfonamides is 1. The zero-order chi connectivity index (χ0) is 11.6. The van der Waals surface area contributed by atoms with E-state index in [-0.39, 0.29) is 17.7 Å². The molecule has 0 saturated carbocycles. The quantitative estimate of drug-likeness (QED) is 0.831. The van der Waals surface area contributed by atoms with Crippen molar-refractivity contribution in [2.75, 3.05) is 17.0 Å². The van der Waals surface area contributed by atoms with Gasteiger partial charge in [-0.3, -0.25) is 4.72 Å². The molecule has 2 heterocycles. The highest BCUT2D eigenvalue weighted by Crippen LogP contribution is 2.15. The summed E-state index contributed by atoms with van der Waals surface area (Å²) >= 11 is 0. The molecule has 2 rings (SSSR count). The van der Waals surface area contributed by atoms with Gasteiger partial charge >= 0.3 is 0 Å². The Bertz CT molecular complexity index is 446. The SMILES string of the molecule is Cc1ccc(NS(=O)(=O)CC2CCCN2)o1. The van der Waals surface area contributed by atoms with E-state index >= 15 is 0 Å². The van der Waals surface area contributed by atoms with Crippen LogP contribution in [0.5, 0.6) is 0 Å². The lowest BCUT2D eigenvalue weighted by atomic mass is 10.3. The summed E-state index contributed by atoms with van der Waals surface area (Å²) in [4.78, 5) is 0. The molecule has 0 spiro atoms. The molecule has 1 saturated heterocycles. The minimum atomic E-state index is -3.31. The summed E-state index contributed by atoms with van der Waals surface area (Å²) in [6.45, 7) is 2.68. The average Bonchev–Trinajstić information content (AvgIpc) is 2.76. The van der Waals surface area contributed by atoms with Crippen molar-refractivity contribution in [3.05, 3.63) is 17.9 Å². The van der Waals surface area contributed by atoms with Crippen LogP contribution in [0.15, 0.2) is 16.5 Å². The number of nitrogens with one attached hydrogen (secondary N) is 2. The van der Waals surface area contributed by atoms with Gasteiger partial charge < -0.3 is 9.73 Å². The number of hydrogen-bond donors (Lipinski definition) is 2. The lowest BCUT2D eigenvalue weighted by Crippen LogP contribution is -2.32. The highest BCUT2D eigenvalue weighted by molar-refractivity contribution is 7.92. The number of hydrogen-bond acceptors (Lipinski definition) is 4. The Morgan fingerprint density at radius 3 is 2.94 bits per heavy atom. The van der Waals surface area contributed by atoms with Crippen LogP contribution in [0.3, 0.4) is 0 Å². The van der Waals surface area contributed by atoms with Gasteiger partial charge in [0, 0.05) is 12.1 Å². The topological polar surface area (TPSA) is 71.3 Å². The third kappa shape index (κ3) is 2.99. The molecule has 90 valence electrons. The molecule has 1 aliphatic rings. The lowest BCUT2D eigenvalue weighted by Gasteiger charge is -2.10. The molecule has 1 fully saturated rings. The molecule has 0 radical (unpaired) electrons. The maximum Gasteiger partial charge on any atom is 0.236 e. The number of aryl methyl sites for hydroxylation is 1. The maximum absolute atomic E-state index is 11.8. The number of furan rings is 1. The molecule has 1 atom stereocenters. The second-order valence-electron chi connectivity index (χ2n) is 4.09. The fraction of sp³-hybridized carbons (Fsp3) is 0.600. The van der Waals surface area contributed by atoms with E-state index in [4.69, 9.17) is 4.42 Å². The molecular formula is C10H16N2O3S. The standard InChI is InChI=1S/C10H16N2O3S/c1-8-4-5-10(15-8)12-16(13,14)7-9-3-2-6-11-9/h4-5,9,11-12H,2-3,6-7H2,1H3. The van der Waals surface area contributed by atoms with Crippen molar-refractivity contribution < 1.29 is 12.8 Å². The van der Waals surface area contributed by atoms with Gasteiger partial charge in [-0.25, -0.2) is 8.42 Å². The zero-order valence-electron chi connectivity index (χ0n) is 9.19. The number of anilines is 1. The van der Waals surface area contributed by atoms with E-state index in [1.807, 2.05) is 0 Å². The van der Waals surface area contributed by atoms with E-state index in [0.717, 1.165) is 19.4 Å². The molecular weight excluding hydrogens is 228 g/mol. The van der Waals surface area contributed by atoms with Gasteiger partial charge in [-0.15, -0.1) is 0 Å². The Labute approximate surface area is 95.3 Å². The van der Waals surface area contributed by atoms with Crippen LogP contribution in [0.25, 0.3) is 0 Å². The van der Waals surface area contributed by atoms with Crippen molar-refractivity contribution in [1.29, 1.82) is 0 Å². The molecule has 1 unspecified atom stereocenters. The van der Waals surface area contributed by atoms with Crippen LogP contribution in [0.1, 0.15) is 18.6 Å². The van der Waals surface area contributed by atoms with Crippen molar-refractivity contribution >= 4 is 15.9 Å². The summed E-state index contributed by atoms with van der Waals surface area (Å²) < 4.78 is 31.1. The summed E-state index contributed by atoms with van der Waals surface area (Å²) in [5, 5.41) is 3.15. The van der Waals surface area contributed by atoms with Crippen molar-refractivity contribution in [2.24, 2.45) is 0 Å². The van der Waals surface area contributed by atoms with Gasteiger partial charge in [0.1, 0.15) is 5.76 Å². The fourth-order valence-corrected chi connectivity index (χ4v) is 3.16. The smallest absolute Gasteiger partial charge is 0.236 e. The Morgan fingerprint density at radius 2 is 2.38 bits per heavy atom. The molecule has 1 aromatic rings. The average molecular weight is 244 g/mol.